The van der Waals surface area contributed by atoms with Gasteiger partial charge < -0.3 is 5.11 Å². The van der Waals surface area contributed by atoms with E-state index in [1.165, 1.54) is 6.07 Å². The van der Waals surface area contributed by atoms with Crippen LogP contribution >= 0.6 is 0 Å². The van der Waals surface area contributed by atoms with Gasteiger partial charge in [-0.25, -0.2) is 13.4 Å². The van der Waals surface area contributed by atoms with Gasteiger partial charge in [-0.3, -0.25) is 4.72 Å². The fourth-order valence-electron chi connectivity index (χ4n) is 2.02. The van der Waals surface area contributed by atoms with Gasteiger partial charge in [0, 0.05) is 5.69 Å². The van der Waals surface area contributed by atoms with Gasteiger partial charge in [-0.15, -0.1) is 0 Å². The molecule has 6 heteroatoms. The molecular formula is C15H18N2O3S. The highest BCUT2D eigenvalue weighted by Crippen LogP contribution is 2.23. The Bertz CT molecular complexity index is 715. The predicted molar refractivity (Wildman–Crippen MR) is 82.9 cm³/mol. The van der Waals surface area contributed by atoms with E-state index in [1.54, 1.807) is 13.0 Å². The maximum atomic E-state index is 12.2. The Morgan fingerprint density at radius 2 is 1.86 bits per heavy atom. The molecule has 0 fully saturated rings. The molecule has 112 valence electrons. The van der Waals surface area contributed by atoms with E-state index in [2.05, 4.69) is 9.71 Å². The van der Waals surface area contributed by atoms with Gasteiger partial charge in [-0.2, -0.15) is 0 Å². The summed E-state index contributed by atoms with van der Waals surface area (Å²) in [6.07, 6.45) is 0. The van der Waals surface area contributed by atoms with E-state index in [-0.39, 0.29) is 23.2 Å². The monoisotopic (exact) mass is 306 g/mol. The van der Waals surface area contributed by atoms with Crippen LogP contribution in [-0.2, 0) is 10.0 Å². The van der Waals surface area contributed by atoms with E-state index in [0.717, 1.165) is 5.56 Å². The summed E-state index contributed by atoms with van der Waals surface area (Å²) in [6.45, 7) is 3.57. The lowest BCUT2D eigenvalue weighted by atomic mass is 10.0. The number of hydrogen-bond donors (Lipinski definition) is 2. The molecule has 0 saturated heterocycles. The molecule has 0 amide bonds. The number of pyridine rings is 1. The Morgan fingerprint density at radius 3 is 2.52 bits per heavy atom. The van der Waals surface area contributed by atoms with Gasteiger partial charge in [0.25, 0.3) is 0 Å². The number of rotatable bonds is 5. The standard InChI is InChI=1S/C15H18N2O3S/c1-11(13-6-4-3-5-7-13)10-21(19,20)17-15-14(18)9-8-12(2)16-15/h3-9,11,18H,10H2,1-2H3,(H,16,17). The van der Waals surface area contributed by atoms with E-state index < -0.39 is 10.0 Å². The molecule has 0 aliphatic carbocycles. The van der Waals surface area contributed by atoms with Crippen molar-refractivity contribution in [3.05, 3.63) is 53.7 Å². The first kappa shape index (κ1) is 15.3. The normalized spacial score (nSPS) is 12.9. The van der Waals surface area contributed by atoms with Crippen LogP contribution in [0.1, 0.15) is 24.1 Å². The van der Waals surface area contributed by atoms with Crippen molar-refractivity contribution in [1.29, 1.82) is 0 Å². The number of hydrogen-bond acceptors (Lipinski definition) is 4. The lowest BCUT2D eigenvalue weighted by Crippen LogP contribution is -2.21. The molecule has 0 saturated carbocycles. The zero-order chi connectivity index (χ0) is 15.5. The van der Waals surface area contributed by atoms with E-state index in [4.69, 9.17) is 0 Å². The van der Waals surface area contributed by atoms with Crippen LogP contribution in [0.2, 0.25) is 0 Å². The maximum Gasteiger partial charge on any atom is 0.234 e. The smallest absolute Gasteiger partial charge is 0.234 e. The number of anilines is 1. The highest BCUT2D eigenvalue weighted by molar-refractivity contribution is 7.92. The topological polar surface area (TPSA) is 79.3 Å². The van der Waals surface area contributed by atoms with E-state index in [1.807, 2.05) is 37.3 Å². The molecule has 2 rings (SSSR count). The molecule has 1 aromatic carbocycles. The zero-order valence-electron chi connectivity index (χ0n) is 11.9. The highest BCUT2D eigenvalue weighted by atomic mass is 32.2. The van der Waals surface area contributed by atoms with Gasteiger partial charge in [-0.1, -0.05) is 37.3 Å². The van der Waals surface area contributed by atoms with Gasteiger partial charge >= 0.3 is 0 Å². The van der Waals surface area contributed by atoms with Crippen molar-refractivity contribution in [2.24, 2.45) is 0 Å². The number of benzene rings is 1. The summed E-state index contributed by atoms with van der Waals surface area (Å²) in [7, 11) is -3.59. The van der Waals surface area contributed by atoms with Crippen molar-refractivity contribution in [3.8, 4) is 5.75 Å². The average Bonchev–Trinajstić information content (AvgIpc) is 2.43. The molecule has 5 nitrogen and oxygen atoms in total. The van der Waals surface area contributed by atoms with Crippen molar-refractivity contribution in [3.63, 3.8) is 0 Å². The Labute approximate surface area is 124 Å². The Hall–Kier alpha value is -2.08. The second-order valence-corrected chi connectivity index (χ2v) is 6.78. The van der Waals surface area contributed by atoms with Crippen molar-refractivity contribution in [1.82, 2.24) is 4.98 Å². The highest BCUT2D eigenvalue weighted by Gasteiger charge is 2.19. The van der Waals surface area contributed by atoms with Crippen LogP contribution in [0.3, 0.4) is 0 Å². The Kier molecular flexibility index (Phi) is 4.47. The summed E-state index contributed by atoms with van der Waals surface area (Å²) in [5.41, 5.74) is 1.57. The fraction of sp³-hybridized carbons (Fsp3) is 0.267. The van der Waals surface area contributed by atoms with Crippen LogP contribution < -0.4 is 4.72 Å². The molecule has 2 aromatic rings. The number of aryl methyl sites for hydroxylation is 1. The van der Waals surface area contributed by atoms with Crippen molar-refractivity contribution < 1.29 is 13.5 Å². The first-order chi connectivity index (χ1) is 9.87. The molecule has 0 aliphatic rings. The summed E-state index contributed by atoms with van der Waals surface area (Å²) in [5.74, 6) is -0.450. The first-order valence-corrected chi connectivity index (χ1v) is 8.24. The number of nitrogens with zero attached hydrogens (tertiary/aromatic N) is 1. The third-order valence-corrected chi connectivity index (χ3v) is 4.55. The Morgan fingerprint density at radius 1 is 1.19 bits per heavy atom. The number of nitrogens with one attached hydrogen (secondary N) is 1. The number of aromatic nitrogens is 1. The number of sulfonamides is 1. The molecular weight excluding hydrogens is 288 g/mol. The molecule has 1 aromatic heterocycles. The maximum absolute atomic E-state index is 12.2. The van der Waals surface area contributed by atoms with Crippen LogP contribution in [0, 0.1) is 6.92 Å². The quantitative estimate of drug-likeness (QED) is 0.890. The molecule has 2 N–H and O–H groups in total. The molecule has 0 radical (unpaired) electrons. The van der Waals surface area contributed by atoms with Gasteiger partial charge in [-0.05, 0) is 30.5 Å². The summed E-state index contributed by atoms with van der Waals surface area (Å²) < 4.78 is 26.7. The Balaban J connectivity index is 2.14. The SMILES string of the molecule is Cc1ccc(O)c(NS(=O)(=O)CC(C)c2ccccc2)n1. The molecule has 1 heterocycles. The fourth-order valence-corrected chi connectivity index (χ4v) is 3.40. The molecule has 1 atom stereocenters. The first-order valence-electron chi connectivity index (χ1n) is 6.59. The van der Waals surface area contributed by atoms with Crippen molar-refractivity contribution >= 4 is 15.8 Å². The largest absolute Gasteiger partial charge is 0.504 e. The zero-order valence-corrected chi connectivity index (χ0v) is 12.8. The second kappa shape index (κ2) is 6.13. The van der Waals surface area contributed by atoms with Crippen LogP contribution in [0.25, 0.3) is 0 Å². The molecule has 0 spiro atoms. The molecule has 0 aliphatic heterocycles. The second-order valence-electron chi connectivity index (χ2n) is 5.02. The van der Waals surface area contributed by atoms with E-state index in [9.17, 15) is 13.5 Å². The molecule has 21 heavy (non-hydrogen) atoms. The average molecular weight is 306 g/mol. The van der Waals surface area contributed by atoms with Crippen LogP contribution in [-0.4, -0.2) is 24.3 Å². The minimum atomic E-state index is -3.59. The van der Waals surface area contributed by atoms with Crippen molar-refractivity contribution in [2.45, 2.75) is 19.8 Å². The molecule has 0 bridgehead atoms. The van der Waals surface area contributed by atoms with Crippen molar-refractivity contribution in [2.75, 3.05) is 10.5 Å². The third kappa shape index (κ3) is 4.19. The van der Waals surface area contributed by atoms with Crippen LogP contribution in [0.4, 0.5) is 5.82 Å². The summed E-state index contributed by atoms with van der Waals surface area (Å²) >= 11 is 0. The third-order valence-electron chi connectivity index (χ3n) is 3.10. The van der Waals surface area contributed by atoms with Gasteiger partial charge in [0.2, 0.25) is 10.0 Å². The summed E-state index contributed by atoms with van der Waals surface area (Å²) in [4.78, 5) is 4.00. The predicted octanol–water partition coefficient (Wildman–Crippen LogP) is 2.64. The van der Waals surface area contributed by atoms with Crippen LogP contribution in [0.5, 0.6) is 5.75 Å². The van der Waals surface area contributed by atoms with E-state index in [0.29, 0.717) is 5.69 Å². The summed E-state index contributed by atoms with van der Waals surface area (Å²) in [5, 5.41) is 9.66. The number of aromatic hydroxyl groups is 1. The van der Waals surface area contributed by atoms with Gasteiger partial charge in [0.15, 0.2) is 11.6 Å². The lowest BCUT2D eigenvalue weighted by molar-refractivity contribution is 0.475. The van der Waals surface area contributed by atoms with Crippen LogP contribution in [0.15, 0.2) is 42.5 Å². The lowest BCUT2D eigenvalue weighted by Gasteiger charge is -2.14. The minimum absolute atomic E-state index is 0.0322. The van der Waals surface area contributed by atoms with E-state index >= 15 is 0 Å². The summed E-state index contributed by atoms with van der Waals surface area (Å²) in [6, 6.07) is 12.4. The van der Waals surface area contributed by atoms with Gasteiger partial charge in [0.05, 0.1) is 5.75 Å². The molecule has 1 unspecified atom stereocenters. The minimum Gasteiger partial charge on any atom is -0.504 e. The van der Waals surface area contributed by atoms with Gasteiger partial charge in [0.1, 0.15) is 0 Å².